The van der Waals surface area contributed by atoms with Crippen LogP contribution in [-0.4, -0.2) is 45.9 Å². The van der Waals surface area contributed by atoms with Gasteiger partial charge < -0.3 is 14.8 Å². The quantitative estimate of drug-likeness (QED) is 0.813. The van der Waals surface area contributed by atoms with Crippen LogP contribution in [0.1, 0.15) is 47.5 Å². The lowest BCUT2D eigenvalue weighted by atomic mass is 9.89. The Labute approximate surface area is 160 Å². The smallest absolute Gasteiger partial charge is 0.293 e. The van der Waals surface area contributed by atoms with Gasteiger partial charge in [-0.3, -0.25) is 4.79 Å². The first-order valence-electron chi connectivity index (χ1n) is 8.77. The summed E-state index contributed by atoms with van der Waals surface area (Å²) in [7, 11) is 1.97. The van der Waals surface area contributed by atoms with E-state index in [1.165, 1.54) is 0 Å². The van der Waals surface area contributed by atoms with Gasteiger partial charge >= 0.3 is 0 Å². The van der Waals surface area contributed by atoms with Gasteiger partial charge in [0.05, 0.1) is 12.4 Å². The van der Waals surface area contributed by atoms with Crippen LogP contribution in [0, 0.1) is 0 Å². The van der Waals surface area contributed by atoms with Crippen molar-refractivity contribution in [1.29, 1.82) is 0 Å². The molecule has 1 aliphatic carbocycles. The molecule has 0 saturated heterocycles. The molecule has 2 aromatic rings. The minimum absolute atomic E-state index is 0.220. The predicted molar refractivity (Wildman–Crippen MR) is 103 cm³/mol. The molecule has 0 aromatic carbocycles. The van der Waals surface area contributed by atoms with E-state index in [0.717, 1.165) is 18.4 Å². The first kappa shape index (κ1) is 22.2. The Kier molecular flexibility index (Phi) is 8.81. The lowest BCUT2D eigenvalue weighted by molar-refractivity contribution is -0.138. The Hall–Kier alpha value is -1.86. The van der Waals surface area contributed by atoms with Crippen LogP contribution in [-0.2, 0) is 9.53 Å². The zero-order valence-corrected chi connectivity index (χ0v) is 17.1. The molecule has 0 unspecified atom stereocenters. The summed E-state index contributed by atoms with van der Waals surface area (Å²) in [4.78, 5) is 13.8. The maximum absolute atomic E-state index is 9.60. The van der Waals surface area contributed by atoms with Crippen LogP contribution in [0.5, 0.6) is 5.88 Å². The van der Waals surface area contributed by atoms with Crippen LogP contribution in [0.25, 0.3) is 5.52 Å². The zero-order chi connectivity index (χ0) is 19.7. The molecule has 2 aromatic heterocycles. The van der Waals surface area contributed by atoms with Crippen molar-refractivity contribution in [2.45, 2.75) is 65.2 Å². The highest BCUT2D eigenvalue weighted by Crippen LogP contribution is 2.28. The maximum Gasteiger partial charge on any atom is 0.293 e. The molecule has 26 heavy (non-hydrogen) atoms. The number of ether oxygens (including phenoxy) is 2. The first-order valence-corrected chi connectivity index (χ1v) is 9.15. The molecule has 0 radical (unpaired) electrons. The number of carbonyl (C=O) groups is 1. The molecule has 0 atom stereocenters. The molecule has 3 rings (SSSR count). The summed E-state index contributed by atoms with van der Waals surface area (Å²) >= 11 is 5.92. The van der Waals surface area contributed by atoms with Crippen molar-refractivity contribution in [2.75, 3.05) is 7.05 Å². The van der Waals surface area contributed by atoms with Crippen molar-refractivity contribution in [1.82, 2.24) is 19.9 Å². The Bertz CT molecular complexity index is 679. The molecule has 1 N–H and O–H groups in total. The van der Waals surface area contributed by atoms with Crippen molar-refractivity contribution < 1.29 is 14.3 Å². The van der Waals surface area contributed by atoms with Gasteiger partial charge in [-0.05, 0) is 46.7 Å². The van der Waals surface area contributed by atoms with Crippen LogP contribution >= 0.6 is 11.6 Å². The molecule has 1 fully saturated rings. The van der Waals surface area contributed by atoms with E-state index in [4.69, 9.17) is 16.3 Å². The predicted octanol–water partition coefficient (Wildman–Crippen LogP) is 3.50. The van der Waals surface area contributed by atoms with Gasteiger partial charge in [-0.25, -0.2) is 4.52 Å². The van der Waals surface area contributed by atoms with Gasteiger partial charge in [0.25, 0.3) is 6.47 Å². The number of hydrogen-bond donors (Lipinski definition) is 1. The van der Waals surface area contributed by atoms with E-state index < -0.39 is 0 Å². The van der Waals surface area contributed by atoms with Gasteiger partial charge in [0.1, 0.15) is 17.2 Å². The highest BCUT2D eigenvalue weighted by molar-refractivity contribution is 6.29. The van der Waals surface area contributed by atoms with Gasteiger partial charge in [-0.1, -0.05) is 25.4 Å². The molecule has 0 spiro atoms. The van der Waals surface area contributed by atoms with E-state index in [2.05, 4.69) is 20.1 Å². The number of hydrogen-bond acceptors (Lipinski definition) is 6. The van der Waals surface area contributed by atoms with Crippen molar-refractivity contribution in [3.63, 3.8) is 0 Å². The Morgan fingerprint density at radius 2 is 2.00 bits per heavy atom. The monoisotopic (exact) mass is 384 g/mol. The molecule has 0 aliphatic heterocycles. The van der Waals surface area contributed by atoms with Crippen LogP contribution < -0.4 is 10.1 Å². The topological polar surface area (TPSA) is 77.8 Å². The average Bonchev–Trinajstić information content (AvgIpc) is 3.00. The molecule has 0 amide bonds. The van der Waals surface area contributed by atoms with Crippen LogP contribution in [0.15, 0.2) is 18.5 Å². The zero-order valence-electron chi connectivity index (χ0n) is 16.3. The Morgan fingerprint density at radius 3 is 2.50 bits per heavy atom. The number of carbonyl (C=O) groups excluding carboxylic acids is 1. The highest BCUT2D eigenvalue weighted by Gasteiger charge is 2.30. The third kappa shape index (κ3) is 6.80. The van der Waals surface area contributed by atoms with E-state index in [1.807, 2.05) is 47.7 Å². The fraction of sp³-hybridized carbons (Fsp3) is 0.611. The summed E-state index contributed by atoms with van der Waals surface area (Å²) in [6.07, 6.45) is 5.60. The average molecular weight is 385 g/mol. The van der Waals surface area contributed by atoms with Gasteiger partial charge in [0, 0.05) is 6.04 Å². The number of nitrogens with zero attached hydrogens (tertiary/aromatic N) is 3. The van der Waals surface area contributed by atoms with Gasteiger partial charge in [0.15, 0.2) is 5.15 Å². The van der Waals surface area contributed by atoms with E-state index in [-0.39, 0.29) is 11.7 Å². The van der Waals surface area contributed by atoms with Gasteiger partial charge in [-0.2, -0.15) is 10.1 Å². The van der Waals surface area contributed by atoms with E-state index in [0.29, 0.717) is 23.5 Å². The van der Waals surface area contributed by atoms with Crippen molar-refractivity contribution in [2.24, 2.45) is 0 Å². The molecular weight excluding hydrogens is 356 g/mol. The summed E-state index contributed by atoms with van der Waals surface area (Å²) < 4.78 is 12.1. The number of rotatable bonds is 4. The van der Waals surface area contributed by atoms with Crippen LogP contribution in [0.4, 0.5) is 0 Å². The number of nitrogens with one attached hydrogen (secondary N) is 1. The minimum atomic E-state index is -0.318. The third-order valence-electron chi connectivity index (χ3n) is 3.51. The van der Waals surface area contributed by atoms with E-state index in [9.17, 15) is 4.79 Å². The molecule has 146 valence electrons. The van der Waals surface area contributed by atoms with Gasteiger partial charge in [0.2, 0.25) is 5.88 Å². The van der Waals surface area contributed by atoms with Crippen LogP contribution in [0.3, 0.4) is 0 Å². The lowest BCUT2D eigenvalue weighted by Crippen LogP contribution is -2.45. The van der Waals surface area contributed by atoms with Gasteiger partial charge in [-0.15, -0.1) is 0 Å². The largest absolute Gasteiger partial charge is 0.473 e. The fourth-order valence-electron chi connectivity index (χ4n) is 2.16. The normalized spacial score (nSPS) is 18.6. The summed E-state index contributed by atoms with van der Waals surface area (Å²) in [6, 6.07) is 2.42. The number of aromatic nitrogens is 3. The van der Waals surface area contributed by atoms with Crippen LogP contribution in [0.2, 0.25) is 5.15 Å². The summed E-state index contributed by atoms with van der Waals surface area (Å²) in [5.74, 6) is 0.564. The molecule has 7 nitrogen and oxygen atoms in total. The number of fused-ring (bicyclic) bond motifs is 1. The van der Waals surface area contributed by atoms with Crippen molar-refractivity contribution >= 4 is 23.6 Å². The second-order valence-corrected chi connectivity index (χ2v) is 6.94. The molecule has 0 bridgehead atoms. The minimum Gasteiger partial charge on any atom is -0.473 e. The molecule has 2 heterocycles. The Morgan fingerprint density at radius 1 is 1.35 bits per heavy atom. The molecular formula is C18H29ClN4O3. The second-order valence-electron chi connectivity index (χ2n) is 6.55. The first-order chi connectivity index (χ1) is 12.3. The lowest BCUT2D eigenvalue weighted by Gasteiger charge is -2.34. The summed E-state index contributed by atoms with van der Waals surface area (Å²) in [5.41, 5.74) is 0.532. The summed E-state index contributed by atoms with van der Waals surface area (Å²) in [5, 5.41) is 7.73. The van der Waals surface area contributed by atoms with E-state index >= 15 is 0 Å². The van der Waals surface area contributed by atoms with E-state index in [1.54, 1.807) is 16.9 Å². The van der Waals surface area contributed by atoms with Crippen molar-refractivity contribution in [3.05, 3.63) is 23.6 Å². The van der Waals surface area contributed by atoms with Crippen molar-refractivity contribution in [3.8, 4) is 5.88 Å². The maximum atomic E-state index is 9.60. The third-order valence-corrected chi connectivity index (χ3v) is 3.69. The molecule has 8 heteroatoms. The number of halogens is 1. The molecule has 1 aliphatic rings. The Balaban J connectivity index is 0.000000321. The second kappa shape index (κ2) is 10.3. The standard InChI is InChI=1S/C11H13ClN4O.C5H10O2.C2H6/c1-13-7-4-8(5-7)17-11-9-2-3-14-16(9)6-10(12)15-11;1-5(2,3)7-4-6;1-2/h2-3,6-8,13H,4-5H2,1H3;4H,1-3H3;1-2H3. The fourth-order valence-corrected chi connectivity index (χ4v) is 2.33. The SMILES string of the molecule is CC.CC(C)(C)OC=O.CNC1CC(Oc2nc(Cl)cn3nccc23)C1. The molecule has 1 saturated carbocycles. The highest BCUT2D eigenvalue weighted by atomic mass is 35.5. The summed E-state index contributed by atoms with van der Waals surface area (Å²) in [6.45, 7) is 9.92.